The lowest BCUT2D eigenvalue weighted by Gasteiger charge is -2.34. The number of para-hydroxylation sites is 1. The zero-order chi connectivity index (χ0) is 46.2. The molecule has 1 aromatic heterocycles. The van der Waals surface area contributed by atoms with Crippen molar-refractivity contribution in [3.05, 3.63) is 275 Å². The molecule has 0 N–H and O–H groups in total. The summed E-state index contributed by atoms with van der Waals surface area (Å²) in [6.45, 7) is 9.46. The molecule has 0 amide bonds. The predicted octanol–water partition coefficient (Wildman–Crippen LogP) is 17.2. The highest BCUT2D eigenvalue weighted by molar-refractivity contribution is 6.10. The second-order valence-corrected chi connectivity index (χ2v) is 20.4. The highest BCUT2D eigenvalue weighted by atomic mass is 15.1. The summed E-state index contributed by atoms with van der Waals surface area (Å²) in [6.07, 6.45) is 0. The lowest BCUT2D eigenvalue weighted by molar-refractivity contribution is 0.660. The monoisotopic (exact) mass is 882 g/mol. The Balaban J connectivity index is 0.934. The minimum atomic E-state index is -0.470. The summed E-state index contributed by atoms with van der Waals surface area (Å²) >= 11 is 0. The zero-order valence-corrected chi connectivity index (χ0v) is 39.3. The Kier molecular flexibility index (Phi) is 8.33. The summed E-state index contributed by atoms with van der Waals surface area (Å²) in [5, 5.41) is 2.49. The number of anilines is 3. The molecule has 3 aliphatic rings. The minimum Gasteiger partial charge on any atom is -0.310 e. The first kappa shape index (κ1) is 39.9. The van der Waals surface area contributed by atoms with E-state index in [9.17, 15) is 0 Å². The third-order valence-corrected chi connectivity index (χ3v) is 16.3. The summed E-state index contributed by atoms with van der Waals surface area (Å²) in [5.41, 5.74) is 24.9. The Bertz CT molecular complexity index is 3860. The van der Waals surface area contributed by atoms with Crippen LogP contribution in [-0.2, 0) is 16.2 Å². The van der Waals surface area contributed by atoms with Crippen LogP contribution in [0.15, 0.2) is 231 Å². The van der Waals surface area contributed by atoms with Gasteiger partial charge in [-0.2, -0.15) is 0 Å². The molecule has 0 atom stereocenters. The van der Waals surface area contributed by atoms with Crippen molar-refractivity contribution in [3.63, 3.8) is 0 Å². The third-order valence-electron chi connectivity index (χ3n) is 16.3. The van der Waals surface area contributed by atoms with Crippen molar-refractivity contribution in [2.75, 3.05) is 4.90 Å². The smallest absolute Gasteiger partial charge is 0.0713 e. The Morgan fingerprint density at radius 2 is 0.783 bits per heavy atom. The minimum absolute atomic E-state index is 0.0718. The summed E-state index contributed by atoms with van der Waals surface area (Å²) in [4.78, 5) is 2.47. The van der Waals surface area contributed by atoms with E-state index in [1.54, 1.807) is 0 Å². The van der Waals surface area contributed by atoms with Crippen LogP contribution in [0.1, 0.15) is 72.2 Å². The van der Waals surface area contributed by atoms with Crippen LogP contribution >= 0.6 is 0 Å². The molecule has 0 saturated carbocycles. The van der Waals surface area contributed by atoms with Crippen LogP contribution in [0.2, 0.25) is 0 Å². The van der Waals surface area contributed by atoms with E-state index in [4.69, 9.17) is 0 Å². The average molecular weight is 883 g/mol. The van der Waals surface area contributed by atoms with Gasteiger partial charge in [-0.1, -0.05) is 191 Å². The summed E-state index contributed by atoms with van der Waals surface area (Å²) in [5.74, 6) is 0. The fourth-order valence-electron chi connectivity index (χ4n) is 13.1. The van der Waals surface area contributed by atoms with Gasteiger partial charge < -0.3 is 9.47 Å². The van der Waals surface area contributed by atoms with Crippen molar-refractivity contribution < 1.29 is 0 Å². The van der Waals surface area contributed by atoms with E-state index in [1.165, 1.54) is 99.7 Å². The van der Waals surface area contributed by atoms with E-state index in [-0.39, 0.29) is 10.8 Å². The number of benzene rings is 10. The van der Waals surface area contributed by atoms with Crippen LogP contribution in [0.5, 0.6) is 0 Å². The Morgan fingerprint density at radius 1 is 0.304 bits per heavy atom. The van der Waals surface area contributed by atoms with Crippen molar-refractivity contribution >= 4 is 38.9 Å². The van der Waals surface area contributed by atoms with Crippen molar-refractivity contribution in [1.29, 1.82) is 0 Å². The molecule has 0 saturated heterocycles. The van der Waals surface area contributed by atoms with Crippen LogP contribution in [0.3, 0.4) is 0 Å². The van der Waals surface area contributed by atoms with Gasteiger partial charge in [-0.3, -0.25) is 0 Å². The molecule has 0 bridgehead atoms. The molecule has 0 spiro atoms. The van der Waals surface area contributed by atoms with Gasteiger partial charge in [-0.15, -0.1) is 0 Å². The van der Waals surface area contributed by atoms with Gasteiger partial charge >= 0.3 is 0 Å². The molecule has 0 fully saturated rings. The molecule has 0 aliphatic heterocycles. The van der Waals surface area contributed by atoms with Crippen LogP contribution in [-0.4, -0.2) is 4.57 Å². The quantitative estimate of drug-likeness (QED) is 0.162. The molecule has 2 heteroatoms. The first-order chi connectivity index (χ1) is 33.7. The number of hydrogen-bond donors (Lipinski definition) is 0. The molecule has 14 rings (SSSR count). The zero-order valence-electron chi connectivity index (χ0n) is 39.3. The van der Waals surface area contributed by atoms with E-state index < -0.39 is 5.41 Å². The molecule has 10 aromatic carbocycles. The molecule has 69 heavy (non-hydrogen) atoms. The van der Waals surface area contributed by atoms with Gasteiger partial charge in [0.05, 0.1) is 16.4 Å². The van der Waals surface area contributed by atoms with Crippen molar-refractivity contribution in [2.45, 2.75) is 43.9 Å². The molecule has 0 unspecified atom stereocenters. The van der Waals surface area contributed by atoms with E-state index in [2.05, 4.69) is 268 Å². The number of aromatic nitrogens is 1. The van der Waals surface area contributed by atoms with Gasteiger partial charge in [0.25, 0.3) is 0 Å². The van der Waals surface area contributed by atoms with Gasteiger partial charge in [0, 0.05) is 44.4 Å². The molecule has 1 heterocycles. The average Bonchev–Trinajstić information content (AvgIpc) is 4.04. The SMILES string of the molecule is CC1(C)c2ccccc2-c2cc(N(c3ccc(-n4c5ccccc5c5cc(C6(c7ccccc7)c7ccccc7-c7ccccc76)ccc54)cc3)c3ccc4c(c3)C(C)(C)c3ccccc3-4)ccc21. The van der Waals surface area contributed by atoms with E-state index >= 15 is 0 Å². The van der Waals surface area contributed by atoms with Crippen LogP contribution in [0.4, 0.5) is 17.1 Å². The topological polar surface area (TPSA) is 8.17 Å². The molecular weight excluding hydrogens is 833 g/mol. The van der Waals surface area contributed by atoms with Crippen molar-refractivity contribution in [2.24, 2.45) is 0 Å². The van der Waals surface area contributed by atoms with Crippen LogP contribution in [0.25, 0.3) is 60.9 Å². The van der Waals surface area contributed by atoms with Crippen LogP contribution in [0, 0.1) is 0 Å². The molecule has 328 valence electrons. The third kappa shape index (κ3) is 5.43. The number of rotatable bonds is 6. The number of hydrogen-bond acceptors (Lipinski definition) is 1. The maximum atomic E-state index is 2.48. The molecule has 0 radical (unpaired) electrons. The lowest BCUT2D eigenvalue weighted by Crippen LogP contribution is -2.28. The highest BCUT2D eigenvalue weighted by Crippen LogP contribution is 2.57. The van der Waals surface area contributed by atoms with Crippen LogP contribution < -0.4 is 4.90 Å². The summed E-state index contributed by atoms with van der Waals surface area (Å²) in [6, 6.07) is 86.7. The lowest BCUT2D eigenvalue weighted by atomic mass is 9.67. The first-order valence-corrected chi connectivity index (χ1v) is 24.4. The molecule has 11 aromatic rings. The normalized spacial score (nSPS) is 15.0. The Labute approximate surface area is 404 Å². The van der Waals surface area contributed by atoms with E-state index in [0.717, 1.165) is 22.7 Å². The molecule has 3 aliphatic carbocycles. The van der Waals surface area contributed by atoms with E-state index in [1.807, 2.05) is 0 Å². The number of fused-ring (bicyclic) bond motifs is 12. The second-order valence-electron chi connectivity index (χ2n) is 20.4. The van der Waals surface area contributed by atoms with Gasteiger partial charge in [0.2, 0.25) is 0 Å². The summed E-state index contributed by atoms with van der Waals surface area (Å²) < 4.78 is 2.46. The van der Waals surface area contributed by atoms with Gasteiger partial charge in [-0.05, 0) is 145 Å². The largest absolute Gasteiger partial charge is 0.310 e. The van der Waals surface area contributed by atoms with Gasteiger partial charge in [0.15, 0.2) is 0 Å². The van der Waals surface area contributed by atoms with E-state index in [0.29, 0.717) is 0 Å². The molecule has 2 nitrogen and oxygen atoms in total. The molecular formula is C67H50N2. The number of nitrogens with zero attached hydrogens (tertiary/aromatic N) is 2. The Hall–Kier alpha value is -8.20. The highest BCUT2D eigenvalue weighted by Gasteiger charge is 2.46. The predicted molar refractivity (Wildman–Crippen MR) is 288 cm³/mol. The first-order valence-electron chi connectivity index (χ1n) is 24.4. The fourth-order valence-corrected chi connectivity index (χ4v) is 13.1. The standard InChI is InChI=1S/C67H50N2/c1-65(2)58-26-14-9-23-52(58)55-41-47(36-38-59(55)65)68(48-35-37-53-49-20-8-13-25-57(49)66(3,4)62(53)42-48)45-31-33-46(34-32-45)69-63-29-17-12-24-54(63)56-40-44(30-39-64(56)69)67(43-18-6-5-7-19-43)60-27-15-10-21-50(60)51-22-11-16-28-61(51)67/h5-42H,1-4H3. The Morgan fingerprint density at radius 3 is 1.46 bits per heavy atom. The maximum Gasteiger partial charge on any atom is 0.0713 e. The second kappa shape index (κ2) is 14.4. The van der Waals surface area contributed by atoms with Gasteiger partial charge in [-0.25, -0.2) is 0 Å². The fraction of sp³-hybridized carbons (Fsp3) is 0.104. The van der Waals surface area contributed by atoms with Crippen molar-refractivity contribution in [3.8, 4) is 39.1 Å². The van der Waals surface area contributed by atoms with Gasteiger partial charge in [0.1, 0.15) is 0 Å². The summed E-state index contributed by atoms with van der Waals surface area (Å²) in [7, 11) is 0. The maximum absolute atomic E-state index is 2.48. The van der Waals surface area contributed by atoms with Crippen molar-refractivity contribution in [1.82, 2.24) is 4.57 Å².